The second kappa shape index (κ2) is 19.0. The summed E-state index contributed by atoms with van der Waals surface area (Å²) in [5, 5.41) is 7.47. The van der Waals surface area contributed by atoms with Crippen molar-refractivity contribution < 1.29 is 42.2 Å². The Hall–Kier alpha value is -6.74. The zero-order chi connectivity index (χ0) is 46.0. The Bertz CT molecular complexity index is 2680. The van der Waals surface area contributed by atoms with Gasteiger partial charge in [-0.2, -0.15) is 0 Å². The van der Waals surface area contributed by atoms with Gasteiger partial charge in [0.1, 0.15) is 17.9 Å². The minimum Gasteiger partial charge on any atom is -0.453 e. The fourth-order valence-corrected chi connectivity index (χ4v) is 10.1. The number of amides is 3. The molecule has 3 N–H and O–H groups in total. The third kappa shape index (κ3) is 9.35. The monoisotopic (exact) mass is 898 g/mol. The number of imidazole rings is 1. The van der Waals surface area contributed by atoms with Crippen molar-refractivity contribution in [1.29, 1.82) is 0 Å². The number of ether oxygens (including phenoxy) is 3. The highest BCUT2D eigenvalue weighted by molar-refractivity contribution is 6.04. The molecule has 1 aliphatic carbocycles. The Morgan fingerprint density at radius 2 is 1.48 bits per heavy atom. The number of fused-ring (bicyclic) bond motifs is 1. The van der Waals surface area contributed by atoms with Gasteiger partial charge in [0, 0.05) is 55.4 Å². The standard InChI is InChI=1S/C51H52F2N6O7/c1-64-49(62)57-44(32-7-4-3-5-8-32)46(60)39-9-6-10-40(39)47-55-28-42(56-47)37-18-17-35-23-34(15-16-36(35)24-37)30-11-13-31(14-12-30)38-25-41(54-27-38)43-26-51(52,53)29-59(43)48(61)45(58-50(63)65-2)33-19-21-66-22-20-33/h3-5,7-8,11-18,23-24,27-28,33,39-40,43-45H,6,9-10,19-22,25-26,29H2,1-2H3,(H,55,56)(H,57,62)(H,58,63)/t39?,40-,43+,44-,45+/m1/s1. The molecular weight excluding hydrogens is 847 g/mol. The summed E-state index contributed by atoms with van der Waals surface area (Å²) < 4.78 is 45.2. The van der Waals surface area contributed by atoms with Crippen molar-refractivity contribution in [1.82, 2.24) is 25.5 Å². The van der Waals surface area contributed by atoms with Crippen LogP contribution in [0.25, 0.3) is 38.7 Å². The number of nitrogens with one attached hydrogen (secondary N) is 3. The molecule has 0 radical (unpaired) electrons. The number of alkyl halides is 2. The van der Waals surface area contributed by atoms with Crippen molar-refractivity contribution in [2.45, 2.75) is 74.9 Å². The molecule has 66 heavy (non-hydrogen) atoms. The summed E-state index contributed by atoms with van der Waals surface area (Å²) in [4.78, 5) is 66.6. The van der Waals surface area contributed by atoms with E-state index in [1.807, 2.05) is 60.8 Å². The molecule has 3 amide bonds. The van der Waals surface area contributed by atoms with Gasteiger partial charge in [0.2, 0.25) is 5.91 Å². The number of carbonyl (C=O) groups is 4. The predicted molar refractivity (Wildman–Crippen MR) is 245 cm³/mol. The van der Waals surface area contributed by atoms with E-state index in [2.05, 4.69) is 57.0 Å². The topological polar surface area (TPSA) is 164 Å². The number of H-pyrrole nitrogens is 1. The van der Waals surface area contributed by atoms with Crippen LogP contribution in [-0.4, -0.2) is 96.4 Å². The lowest BCUT2D eigenvalue weighted by Gasteiger charge is -2.34. The van der Waals surface area contributed by atoms with Crippen molar-refractivity contribution in [3.05, 3.63) is 120 Å². The number of likely N-dealkylation sites (tertiary alicyclic amines) is 1. The number of carbonyl (C=O) groups excluding carboxylic acids is 4. The molecule has 342 valence electrons. The summed E-state index contributed by atoms with van der Waals surface area (Å²) in [5.41, 5.74) is 6.80. The average Bonchev–Trinajstić information content (AvgIpc) is 4.19. The van der Waals surface area contributed by atoms with E-state index in [4.69, 9.17) is 19.2 Å². The van der Waals surface area contributed by atoms with E-state index in [0.29, 0.717) is 50.2 Å². The first-order chi connectivity index (χ1) is 32.0. The average molecular weight is 899 g/mol. The van der Waals surface area contributed by atoms with Gasteiger partial charge in [0.15, 0.2) is 5.78 Å². The number of alkyl carbamates (subject to hydrolysis) is 2. The number of aromatic amines is 1. The van der Waals surface area contributed by atoms with Crippen LogP contribution in [0.5, 0.6) is 0 Å². The van der Waals surface area contributed by atoms with Gasteiger partial charge in [-0.25, -0.2) is 23.4 Å². The van der Waals surface area contributed by atoms with Gasteiger partial charge in [-0.05, 0) is 82.3 Å². The Kier molecular flexibility index (Phi) is 12.8. The quantitative estimate of drug-likeness (QED) is 0.112. The first-order valence-electron chi connectivity index (χ1n) is 22.5. The first kappa shape index (κ1) is 44.5. The van der Waals surface area contributed by atoms with E-state index in [1.54, 1.807) is 6.20 Å². The number of aliphatic imine (C=N–C) groups is 1. The fourth-order valence-electron chi connectivity index (χ4n) is 10.1. The summed E-state index contributed by atoms with van der Waals surface area (Å²) in [6.07, 6.45) is 5.23. The number of allylic oxidation sites excluding steroid dienone is 1. The van der Waals surface area contributed by atoms with E-state index in [1.165, 1.54) is 19.1 Å². The lowest BCUT2D eigenvalue weighted by Crippen LogP contribution is -2.55. The first-order valence-corrected chi connectivity index (χ1v) is 22.5. The summed E-state index contributed by atoms with van der Waals surface area (Å²) in [5.74, 6) is -3.70. The van der Waals surface area contributed by atoms with E-state index in [-0.39, 0.29) is 23.5 Å². The molecule has 15 heteroatoms. The molecule has 1 saturated carbocycles. The normalized spacial score (nSPS) is 21.5. The zero-order valence-electron chi connectivity index (χ0n) is 36.8. The number of hydrogen-bond donors (Lipinski definition) is 3. The molecular formula is C51H52F2N6O7. The molecule has 0 spiro atoms. The smallest absolute Gasteiger partial charge is 0.407 e. The molecule has 4 aromatic carbocycles. The Balaban J connectivity index is 0.856. The fraction of sp³-hybridized carbons (Fsp3) is 0.373. The van der Waals surface area contributed by atoms with Crippen LogP contribution in [0.3, 0.4) is 0 Å². The number of ketones is 1. The molecule has 13 nitrogen and oxygen atoms in total. The van der Waals surface area contributed by atoms with E-state index in [9.17, 15) is 19.2 Å². The highest BCUT2D eigenvalue weighted by Gasteiger charge is 2.51. The largest absolute Gasteiger partial charge is 0.453 e. The van der Waals surface area contributed by atoms with Crippen LogP contribution in [0.2, 0.25) is 0 Å². The van der Waals surface area contributed by atoms with Gasteiger partial charge in [0.25, 0.3) is 5.92 Å². The van der Waals surface area contributed by atoms with Gasteiger partial charge in [-0.1, -0.05) is 85.3 Å². The van der Waals surface area contributed by atoms with Crippen LogP contribution in [0, 0.1) is 11.8 Å². The predicted octanol–water partition coefficient (Wildman–Crippen LogP) is 9.02. The maximum absolute atomic E-state index is 15.1. The van der Waals surface area contributed by atoms with Crippen LogP contribution in [-0.2, 0) is 23.8 Å². The molecule has 2 saturated heterocycles. The molecule has 4 aliphatic rings. The van der Waals surface area contributed by atoms with Crippen molar-refractivity contribution in [2.24, 2.45) is 16.8 Å². The number of Topliss-reactive ketones (excluding diaryl/α,β-unsaturated/α-hetero) is 1. The molecule has 1 aromatic heterocycles. The van der Waals surface area contributed by atoms with Crippen LogP contribution in [0.1, 0.15) is 73.9 Å². The highest BCUT2D eigenvalue weighted by Crippen LogP contribution is 2.43. The minimum atomic E-state index is -3.11. The third-order valence-corrected chi connectivity index (χ3v) is 13.6. The molecule has 5 atom stereocenters. The molecule has 9 rings (SSSR count). The number of aromatic nitrogens is 2. The van der Waals surface area contributed by atoms with Crippen molar-refractivity contribution >= 4 is 45.9 Å². The second-order valence-corrected chi connectivity index (χ2v) is 17.6. The summed E-state index contributed by atoms with van der Waals surface area (Å²) in [6, 6.07) is 27.0. The summed E-state index contributed by atoms with van der Waals surface area (Å²) in [7, 11) is 2.49. The zero-order valence-corrected chi connectivity index (χ0v) is 36.8. The third-order valence-electron chi connectivity index (χ3n) is 13.6. The summed E-state index contributed by atoms with van der Waals surface area (Å²) >= 11 is 0. The van der Waals surface area contributed by atoms with Crippen LogP contribution >= 0.6 is 0 Å². The van der Waals surface area contributed by atoms with E-state index in [0.717, 1.165) is 63.0 Å². The lowest BCUT2D eigenvalue weighted by atomic mass is 9.85. The molecule has 4 heterocycles. The van der Waals surface area contributed by atoms with Crippen LogP contribution < -0.4 is 10.6 Å². The van der Waals surface area contributed by atoms with Gasteiger partial charge in [-0.15, -0.1) is 0 Å². The number of methoxy groups -OCH3 is 2. The van der Waals surface area contributed by atoms with Crippen LogP contribution in [0.4, 0.5) is 18.4 Å². The summed E-state index contributed by atoms with van der Waals surface area (Å²) in [6.45, 7) is 0.0793. The highest BCUT2D eigenvalue weighted by atomic mass is 19.3. The number of rotatable bonds is 12. The maximum Gasteiger partial charge on any atom is 0.407 e. The van der Waals surface area contributed by atoms with Gasteiger partial charge in [-0.3, -0.25) is 14.6 Å². The Morgan fingerprint density at radius 1 is 0.818 bits per heavy atom. The van der Waals surface area contributed by atoms with Crippen molar-refractivity contribution in [2.75, 3.05) is 34.0 Å². The Morgan fingerprint density at radius 3 is 2.21 bits per heavy atom. The van der Waals surface area contributed by atoms with Crippen molar-refractivity contribution in [3.63, 3.8) is 0 Å². The maximum atomic E-state index is 15.1. The van der Waals surface area contributed by atoms with Crippen LogP contribution in [0.15, 0.2) is 108 Å². The molecule has 3 aliphatic heterocycles. The molecule has 1 unspecified atom stereocenters. The molecule has 0 bridgehead atoms. The number of hydrogen-bond acceptors (Lipinski definition) is 9. The minimum absolute atomic E-state index is 0.0647. The van der Waals surface area contributed by atoms with Gasteiger partial charge < -0.3 is 34.7 Å². The number of nitrogens with zero attached hydrogens (tertiary/aromatic N) is 3. The second-order valence-electron chi connectivity index (χ2n) is 17.6. The van der Waals surface area contributed by atoms with E-state index >= 15 is 8.78 Å². The molecule has 5 aromatic rings. The van der Waals surface area contributed by atoms with E-state index < -0.39 is 55.1 Å². The van der Waals surface area contributed by atoms with Gasteiger partial charge in [0.05, 0.1) is 38.7 Å². The van der Waals surface area contributed by atoms with Gasteiger partial charge >= 0.3 is 12.2 Å². The van der Waals surface area contributed by atoms with Crippen molar-refractivity contribution in [3.8, 4) is 22.4 Å². The molecule has 3 fully saturated rings. The number of benzene rings is 4. The Labute approximate surface area is 381 Å². The lowest BCUT2D eigenvalue weighted by molar-refractivity contribution is -0.137. The number of halogens is 2. The SMILES string of the molecule is COC(=O)N[C@H](C(=O)N1CC(F)(F)C[C@H]1C1=NC=C(c2ccc(-c3ccc4cc(-c5cnc([C@@H]6CCCC6C(=O)[C@H](NC(=O)OC)c6ccccc6)[nH]5)ccc4c3)cc2)C1)C1CCOCC1.